The molecule has 0 unspecified atom stereocenters. The maximum absolute atomic E-state index is 10.7. The zero-order chi connectivity index (χ0) is 8.10. The van der Waals surface area contributed by atoms with Crippen LogP contribution in [-0.2, 0) is 19.1 Å². The van der Waals surface area contributed by atoms with E-state index in [1.54, 1.807) is 0 Å². The van der Waals surface area contributed by atoms with Gasteiger partial charge in [0, 0.05) is 12.8 Å². The largest absolute Gasteiger partial charge is 0.428 e. The quantitative estimate of drug-likeness (QED) is 0.484. The van der Waals surface area contributed by atoms with Gasteiger partial charge in [0.15, 0.2) is 0 Å². The first-order chi connectivity index (χ1) is 5.29. The van der Waals surface area contributed by atoms with Crippen molar-refractivity contribution in [2.24, 2.45) is 0 Å². The van der Waals surface area contributed by atoms with Crippen molar-refractivity contribution in [1.82, 2.24) is 0 Å². The van der Waals surface area contributed by atoms with Gasteiger partial charge in [0.1, 0.15) is 0 Å². The van der Waals surface area contributed by atoms with Crippen LogP contribution in [0.3, 0.4) is 0 Å². The van der Waals surface area contributed by atoms with Crippen molar-refractivity contribution >= 4 is 11.9 Å². The van der Waals surface area contributed by atoms with Crippen LogP contribution in [0.2, 0.25) is 0 Å². The third kappa shape index (κ3) is 3.02. The Labute approximate surface area is 64.5 Å². The number of hydrogen-bond donors (Lipinski definition) is 0. The summed E-state index contributed by atoms with van der Waals surface area (Å²) in [4.78, 5) is 21.4. The van der Waals surface area contributed by atoms with Gasteiger partial charge in [-0.15, -0.1) is 0 Å². The van der Waals surface area contributed by atoms with Crippen molar-refractivity contribution in [2.75, 3.05) is 6.79 Å². The zero-order valence-electron chi connectivity index (χ0n) is 6.17. The molecule has 0 saturated carbocycles. The highest BCUT2D eigenvalue weighted by Crippen LogP contribution is 2.05. The highest BCUT2D eigenvalue weighted by Gasteiger charge is 2.09. The molecule has 1 heterocycles. The first-order valence-corrected chi connectivity index (χ1v) is 3.60. The molecule has 0 atom stereocenters. The lowest BCUT2D eigenvalue weighted by atomic mass is 10.2. The van der Waals surface area contributed by atoms with E-state index in [1.807, 2.05) is 0 Å². The highest BCUT2D eigenvalue weighted by molar-refractivity contribution is 5.71. The lowest BCUT2D eigenvalue weighted by molar-refractivity contribution is -0.165. The predicted octanol–water partition coefficient (Wildman–Crippen LogP) is 0.604. The van der Waals surface area contributed by atoms with Crippen molar-refractivity contribution in [3.63, 3.8) is 0 Å². The minimum Gasteiger partial charge on any atom is -0.428 e. The van der Waals surface area contributed by atoms with Gasteiger partial charge in [-0.1, -0.05) is 0 Å². The minimum absolute atomic E-state index is 0.225. The van der Waals surface area contributed by atoms with Gasteiger partial charge < -0.3 is 9.47 Å². The van der Waals surface area contributed by atoms with E-state index in [9.17, 15) is 9.59 Å². The van der Waals surface area contributed by atoms with E-state index in [-0.39, 0.29) is 18.7 Å². The number of carbonyl (C=O) groups excluding carboxylic acids is 2. The van der Waals surface area contributed by atoms with Crippen LogP contribution in [0.5, 0.6) is 0 Å². The molecule has 62 valence electrons. The van der Waals surface area contributed by atoms with Crippen molar-refractivity contribution < 1.29 is 19.1 Å². The molecule has 1 fully saturated rings. The first-order valence-electron chi connectivity index (χ1n) is 3.60. The summed E-state index contributed by atoms with van der Waals surface area (Å²) in [5.41, 5.74) is 0. The fraction of sp³-hybridized carbons (Fsp3) is 0.714. The number of hydrogen-bond acceptors (Lipinski definition) is 4. The number of rotatable bonds is 0. The molecule has 4 nitrogen and oxygen atoms in total. The molecule has 1 aliphatic rings. The SMILES string of the molecule is O=C1CCCCC(=O)OCO1. The van der Waals surface area contributed by atoms with Crippen molar-refractivity contribution in [3.05, 3.63) is 0 Å². The van der Waals surface area contributed by atoms with Crippen LogP contribution in [0, 0.1) is 0 Å². The van der Waals surface area contributed by atoms with E-state index in [4.69, 9.17) is 0 Å². The van der Waals surface area contributed by atoms with E-state index < -0.39 is 0 Å². The molecule has 0 spiro atoms. The first kappa shape index (κ1) is 8.04. The summed E-state index contributed by atoms with van der Waals surface area (Å²) in [6, 6.07) is 0. The molecule has 1 saturated heterocycles. The van der Waals surface area contributed by atoms with Gasteiger partial charge in [-0.25, -0.2) is 0 Å². The number of carbonyl (C=O) groups is 2. The highest BCUT2D eigenvalue weighted by atomic mass is 16.7. The van der Waals surface area contributed by atoms with Gasteiger partial charge in [0.25, 0.3) is 0 Å². The van der Waals surface area contributed by atoms with Gasteiger partial charge in [0.05, 0.1) is 0 Å². The third-order valence-corrected chi connectivity index (χ3v) is 1.45. The van der Waals surface area contributed by atoms with Crippen molar-refractivity contribution in [3.8, 4) is 0 Å². The van der Waals surface area contributed by atoms with E-state index in [0.29, 0.717) is 25.7 Å². The van der Waals surface area contributed by atoms with Crippen LogP contribution in [0.1, 0.15) is 25.7 Å². The summed E-state index contributed by atoms with van der Waals surface area (Å²) in [6.45, 7) is -0.225. The fourth-order valence-electron chi connectivity index (χ4n) is 0.844. The van der Waals surface area contributed by atoms with Crippen LogP contribution < -0.4 is 0 Å². The second kappa shape index (κ2) is 3.95. The summed E-state index contributed by atoms with van der Waals surface area (Å²) >= 11 is 0. The Morgan fingerprint density at radius 2 is 1.36 bits per heavy atom. The topological polar surface area (TPSA) is 52.6 Å². The second-order valence-electron chi connectivity index (χ2n) is 2.36. The van der Waals surface area contributed by atoms with Crippen LogP contribution >= 0.6 is 0 Å². The number of esters is 2. The molecular formula is C7H10O4. The molecule has 0 aromatic carbocycles. The van der Waals surface area contributed by atoms with Gasteiger partial charge in [0.2, 0.25) is 6.79 Å². The molecule has 1 rings (SSSR count). The van der Waals surface area contributed by atoms with E-state index in [0.717, 1.165) is 0 Å². The Balaban J connectivity index is 2.35. The van der Waals surface area contributed by atoms with Crippen molar-refractivity contribution in [1.29, 1.82) is 0 Å². The average Bonchev–Trinajstić information content (AvgIpc) is 2.04. The molecule has 0 radical (unpaired) electrons. The summed E-state index contributed by atoms with van der Waals surface area (Å²) in [7, 11) is 0. The fourth-order valence-corrected chi connectivity index (χ4v) is 0.844. The average molecular weight is 158 g/mol. The monoisotopic (exact) mass is 158 g/mol. The Bertz CT molecular complexity index is 146. The second-order valence-corrected chi connectivity index (χ2v) is 2.36. The van der Waals surface area contributed by atoms with Crippen LogP contribution in [0.15, 0.2) is 0 Å². The molecule has 1 aliphatic heterocycles. The smallest absolute Gasteiger partial charge is 0.308 e. The summed E-state index contributed by atoms with van der Waals surface area (Å²) < 4.78 is 9.10. The van der Waals surface area contributed by atoms with Gasteiger partial charge in [-0.3, -0.25) is 9.59 Å². The van der Waals surface area contributed by atoms with E-state index in [1.165, 1.54) is 0 Å². The van der Waals surface area contributed by atoms with Gasteiger partial charge >= 0.3 is 11.9 Å². The number of cyclic esters (lactones) is 2. The van der Waals surface area contributed by atoms with Crippen molar-refractivity contribution in [2.45, 2.75) is 25.7 Å². The normalized spacial score (nSPS) is 20.7. The maximum atomic E-state index is 10.7. The molecule has 11 heavy (non-hydrogen) atoms. The molecule has 0 aromatic rings. The number of ether oxygens (including phenoxy) is 2. The Hall–Kier alpha value is -1.06. The molecular weight excluding hydrogens is 148 g/mol. The summed E-state index contributed by atoms with van der Waals surface area (Å²) in [5, 5.41) is 0. The summed E-state index contributed by atoms with van der Waals surface area (Å²) in [5.74, 6) is -0.584. The molecule has 0 amide bonds. The van der Waals surface area contributed by atoms with Crippen LogP contribution in [0.25, 0.3) is 0 Å². The zero-order valence-corrected chi connectivity index (χ0v) is 6.17. The van der Waals surface area contributed by atoms with Gasteiger partial charge in [-0.2, -0.15) is 0 Å². The Kier molecular flexibility index (Phi) is 2.89. The van der Waals surface area contributed by atoms with Crippen LogP contribution in [-0.4, -0.2) is 18.7 Å². The maximum Gasteiger partial charge on any atom is 0.308 e. The Morgan fingerprint density at radius 3 is 1.82 bits per heavy atom. The molecule has 0 bridgehead atoms. The van der Waals surface area contributed by atoms with Gasteiger partial charge in [-0.05, 0) is 12.8 Å². The minimum atomic E-state index is -0.292. The molecule has 0 aromatic heterocycles. The third-order valence-electron chi connectivity index (χ3n) is 1.45. The Morgan fingerprint density at radius 1 is 0.909 bits per heavy atom. The predicted molar refractivity (Wildman–Crippen MR) is 35.5 cm³/mol. The molecule has 4 heteroatoms. The standard InChI is InChI=1S/C7H10O4/c8-6-3-1-2-4-7(9)11-5-10-6/h1-5H2. The van der Waals surface area contributed by atoms with E-state index >= 15 is 0 Å². The molecule has 0 N–H and O–H groups in total. The summed E-state index contributed by atoms with van der Waals surface area (Å²) in [6.07, 6.45) is 2.18. The lowest BCUT2D eigenvalue weighted by Gasteiger charge is -2.01. The lowest BCUT2D eigenvalue weighted by Crippen LogP contribution is -2.09. The molecule has 0 aliphatic carbocycles. The van der Waals surface area contributed by atoms with E-state index in [2.05, 4.69) is 9.47 Å². The van der Waals surface area contributed by atoms with Crippen LogP contribution in [0.4, 0.5) is 0 Å².